The Kier molecular flexibility index (Phi) is 3.27. The Bertz CT molecular complexity index is 577. The number of rotatable bonds is 4. The lowest BCUT2D eigenvalue weighted by Crippen LogP contribution is -2.00. The smallest absolute Gasteiger partial charge is 0.358 e. The Hall–Kier alpha value is -2.37. The molecule has 0 saturated carbocycles. The summed E-state index contributed by atoms with van der Waals surface area (Å²) in [5, 5.41) is 13.9. The standard InChI is InChI=1S/C12H14N4O2/c1-3-9-5-4-6-10(7-9)14-12-11(16(17)18)13-8-15(12)2/h4-8,14H,3H2,1-2H3. The van der Waals surface area contributed by atoms with Crippen LogP contribution in [0.15, 0.2) is 30.6 Å². The third-order valence-electron chi connectivity index (χ3n) is 2.69. The van der Waals surface area contributed by atoms with Gasteiger partial charge in [0.25, 0.3) is 0 Å². The van der Waals surface area contributed by atoms with E-state index in [0.29, 0.717) is 5.82 Å². The molecule has 0 atom stereocenters. The molecule has 0 bridgehead atoms. The van der Waals surface area contributed by atoms with E-state index in [2.05, 4.69) is 17.2 Å². The summed E-state index contributed by atoms with van der Waals surface area (Å²) in [4.78, 5) is 14.1. The average molecular weight is 246 g/mol. The van der Waals surface area contributed by atoms with E-state index in [1.165, 1.54) is 11.9 Å². The summed E-state index contributed by atoms with van der Waals surface area (Å²) >= 11 is 0. The van der Waals surface area contributed by atoms with Gasteiger partial charge in [-0.25, -0.2) is 0 Å². The summed E-state index contributed by atoms with van der Waals surface area (Å²) < 4.78 is 1.59. The molecule has 1 N–H and O–H groups in total. The van der Waals surface area contributed by atoms with Gasteiger partial charge in [-0.2, -0.15) is 0 Å². The number of aromatic nitrogens is 2. The molecular formula is C12H14N4O2. The predicted octanol–water partition coefficient (Wildman–Crippen LogP) is 2.63. The van der Waals surface area contributed by atoms with Crippen molar-refractivity contribution in [2.45, 2.75) is 13.3 Å². The summed E-state index contributed by atoms with van der Waals surface area (Å²) in [5.41, 5.74) is 1.99. The van der Waals surface area contributed by atoms with E-state index in [0.717, 1.165) is 12.1 Å². The fraction of sp³-hybridized carbons (Fsp3) is 0.250. The van der Waals surface area contributed by atoms with Gasteiger partial charge >= 0.3 is 5.82 Å². The molecule has 0 aliphatic rings. The van der Waals surface area contributed by atoms with Gasteiger partial charge in [0.2, 0.25) is 12.1 Å². The van der Waals surface area contributed by atoms with Crippen molar-refractivity contribution in [1.82, 2.24) is 9.55 Å². The van der Waals surface area contributed by atoms with Gasteiger partial charge in [-0.1, -0.05) is 19.1 Å². The molecule has 1 aromatic carbocycles. The quantitative estimate of drug-likeness (QED) is 0.664. The van der Waals surface area contributed by atoms with Gasteiger partial charge in [0.15, 0.2) is 0 Å². The monoisotopic (exact) mass is 246 g/mol. The minimum absolute atomic E-state index is 0.167. The number of benzene rings is 1. The zero-order valence-corrected chi connectivity index (χ0v) is 10.3. The van der Waals surface area contributed by atoms with Crippen LogP contribution in [0.1, 0.15) is 12.5 Å². The van der Waals surface area contributed by atoms with Crippen molar-refractivity contribution in [2.24, 2.45) is 7.05 Å². The number of nitrogens with one attached hydrogen (secondary N) is 1. The van der Waals surface area contributed by atoms with Crippen LogP contribution < -0.4 is 5.32 Å². The lowest BCUT2D eigenvalue weighted by molar-refractivity contribution is -0.388. The highest BCUT2D eigenvalue weighted by Crippen LogP contribution is 2.25. The Morgan fingerprint density at radius 2 is 2.28 bits per heavy atom. The first-order valence-corrected chi connectivity index (χ1v) is 5.63. The Labute approximate surface area is 104 Å². The molecule has 0 spiro atoms. The second-order valence-electron chi connectivity index (χ2n) is 3.96. The summed E-state index contributed by atoms with van der Waals surface area (Å²) in [6, 6.07) is 7.78. The summed E-state index contributed by atoms with van der Waals surface area (Å²) in [6.45, 7) is 2.06. The van der Waals surface area contributed by atoms with E-state index in [-0.39, 0.29) is 5.82 Å². The molecule has 0 aliphatic heterocycles. The van der Waals surface area contributed by atoms with Crippen molar-refractivity contribution in [3.63, 3.8) is 0 Å². The fourth-order valence-electron chi connectivity index (χ4n) is 1.70. The molecule has 2 rings (SSSR count). The molecule has 6 nitrogen and oxygen atoms in total. The Balaban J connectivity index is 2.33. The van der Waals surface area contributed by atoms with Gasteiger partial charge in [0.05, 0.1) is 0 Å². The molecule has 1 aromatic heterocycles. The van der Waals surface area contributed by atoms with Crippen LogP contribution in [0.5, 0.6) is 0 Å². The normalized spacial score (nSPS) is 10.3. The fourth-order valence-corrected chi connectivity index (χ4v) is 1.70. The largest absolute Gasteiger partial charge is 0.406 e. The Morgan fingerprint density at radius 1 is 1.50 bits per heavy atom. The van der Waals surface area contributed by atoms with E-state index in [1.54, 1.807) is 11.6 Å². The molecule has 0 radical (unpaired) electrons. The Morgan fingerprint density at radius 3 is 2.94 bits per heavy atom. The number of nitro groups is 1. The molecule has 0 fully saturated rings. The van der Waals surface area contributed by atoms with Gasteiger partial charge in [0.1, 0.15) is 0 Å². The van der Waals surface area contributed by atoms with E-state index >= 15 is 0 Å². The number of aryl methyl sites for hydroxylation is 2. The molecule has 0 aliphatic carbocycles. The topological polar surface area (TPSA) is 73.0 Å². The van der Waals surface area contributed by atoms with Crippen molar-refractivity contribution in [3.05, 3.63) is 46.3 Å². The number of hydrogen-bond acceptors (Lipinski definition) is 4. The van der Waals surface area contributed by atoms with Crippen LogP contribution in [0, 0.1) is 10.1 Å². The molecule has 0 amide bonds. The van der Waals surface area contributed by atoms with E-state index in [1.807, 2.05) is 24.3 Å². The van der Waals surface area contributed by atoms with Crippen molar-refractivity contribution >= 4 is 17.3 Å². The predicted molar refractivity (Wildman–Crippen MR) is 69.0 cm³/mol. The minimum atomic E-state index is -0.494. The van der Waals surface area contributed by atoms with Gasteiger partial charge in [-0.3, -0.25) is 4.57 Å². The van der Waals surface area contributed by atoms with Crippen molar-refractivity contribution in [1.29, 1.82) is 0 Å². The van der Waals surface area contributed by atoms with E-state index in [4.69, 9.17) is 0 Å². The molecular weight excluding hydrogens is 232 g/mol. The first-order chi connectivity index (χ1) is 8.61. The number of hydrogen-bond donors (Lipinski definition) is 1. The maximum atomic E-state index is 10.8. The van der Waals surface area contributed by atoms with Crippen LogP contribution in [0.25, 0.3) is 0 Å². The molecule has 1 heterocycles. The van der Waals surface area contributed by atoms with E-state index < -0.39 is 4.92 Å². The van der Waals surface area contributed by atoms with E-state index in [9.17, 15) is 10.1 Å². The zero-order chi connectivity index (χ0) is 13.1. The number of nitrogens with zero attached hydrogens (tertiary/aromatic N) is 3. The highest BCUT2D eigenvalue weighted by molar-refractivity contribution is 5.64. The minimum Gasteiger partial charge on any atom is -0.358 e. The highest BCUT2D eigenvalue weighted by Gasteiger charge is 2.19. The van der Waals surface area contributed by atoms with Crippen LogP contribution in [0.2, 0.25) is 0 Å². The van der Waals surface area contributed by atoms with Gasteiger partial charge in [-0.05, 0) is 34.0 Å². The molecule has 94 valence electrons. The third kappa shape index (κ3) is 2.32. The zero-order valence-electron chi connectivity index (χ0n) is 10.3. The number of imidazole rings is 1. The van der Waals surface area contributed by atoms with Gasteiger partial charge in [0, 0.05) is 12.7 Å². The second kappa shape index (κ2) is 4.87. The molecule has 6 heteroatoms. The first kappa shape index (κ1) is 12.1. The summed E-state index contributed by atoms with van der Waals surface area (Å²) in [6.07, 6.45) is 2.34. The SMILES string of the molecule is CCc1cccc(Nc2c([N+](=O)[O-])ncn2C)c1. The number of anilines is 2. The molecule has 0 unspecified atom stereocenters. The summed E-state index contributed by atoms with van der Waals surface area (Å²) in [7, 11) is 1.71. The van der Waals surface area contributed by atoms with Crippen LogP contribution >= 0.6 is 0 Å². The van der Waals surface area contributed by atoms with Gasteiger partial charge in [-0.15, -0.1) is 0 Å². The van der Waals surface area contributed by atoms with Crippen LogP contribution in [-0.4, -0.2) is 14.5 Å². The lowest BCUT2D eigenvalue weighted by atomic mass is 10.1. The maximum absolute atomic E-state index is 10.8. The summed E-state index contributed by atoms with van der Waals surface area (Å²) in [5.74, 6) is 0.215. The molecule has 18 heavy (non-hydrogen) atoms. The first-order valence-electron chi connectivity index (χ1n) is 5.63. The third-order valence-corrected chi connectivity index (χ3v) is 2.69. The molecule has 2 aromatic rings. The molecule has 0 saturated heterocycles. The van der Waals surface area contributed by atoms with Crippen molar-refractivity contribution in [3.8, 4) is 0 Å². The lowest BCUT2D eigenvalue weighted by Gasteiger charge is -2.07. The maximum Gasteiger partial charge on any atom is 0.406 e. The average Bonchev–Trinajstić information content (AvgIpc) is 2.71. The van der Waals surface area contributed by atoms with Crippen molar-refractivity contribution < 1.29 is 4.92 Å². The second-order valence-corrected chi connectivity index (χ2v) is 3.96. The van der Waals surface area contributed by atoms with Crippen LogP contribution in [-0.2, 0) is 13.5 Å². The van der Waals surface area contributed by atoms with Gasteiger partial charge < -0.3 is 15.4 Å². The van der Waals surface area contributed by atoms with Crippen LogP contribution in [0.4, 0.5) is 17.3 Å². The van der Waals surface area contributed by atoms with Crippen LogP contribution in [0.3, 0.4) is 0 Å². The highest BCUT2D eigenvalue weighted by atomic mass is 16.6. The van der Waals surface area contributed by atoms with Crippen molar-refractivity contribution in [2.75, 3.05) is 5.32 Å².